The zero-order valence-corrected chi connectivity index (χ0v) is 18.3. The molecule has 0 saturated carbocycles. The van der Waals surface area contributed by atoms with Gasteiger partial charge in [-0.25, -0.2) is 9.37 Å². The van der Waals surface area contributed by atoms with E-state index < -0.39 is 0 Å². The summed E-state index contributed by atoms with van der Waals surface area (Å²) in [6.45, 7) is 2.80. The predicted molar refractivity (Wildman–Crippen MR) is 131 cm³/mol. The van der Waals surface area contributed by atoms with Gasteiger partial charge in [-0.05, 0) is 42.8 Å². The molecule has 5 aromatic rings. The first-order valence-electron chi connectivity index (χ1n) is 10.3. The Kier molecular flexibility index (Phi) is 5.52. The molecule has 0 unspecified atom stereocenters. The second kappa shape index (κ2) is 8.77. The summed E-state index contributed by atoms with van der Waals surface area (Å²) in [6, 6.07) is 25.1. The molecule has 0 fully saturated rings. The Morgan fingerprint density at radius 2 is 1.75 bits per heavy atom. The van der Waals surface area contributed by atoms with Gasteiger partial charge in [-0.15, -0.1) is 11.3 Å². The molecule has 0 aliphatic carbocycles. The summed E-state index contributed by atoms with van der Waals surface area (Å²) in [5, 5.41) is 6.29. The van der Waals surface area contributed by atoms with E-state index in [4.69, 9.17) is 0 Å². The summed E-state index contributed by atoms with van der Waals surface area (Å²) in [5.74, 6) is -0.254. The lowest BCUT2D eigenvalue weighted by Crippen LogP contribution is -1.97. The molecule has 0 bridgehead atoms. The van der Waals surface area contributed by atoms with Crippen LogP contribution in [0.25, 0.3) is 22.2 Å². The van der Waals surface area contributed by atoms with Crippen LogP contribution in [-0.2, 0) is 6.54 Å². The van der Waals surface area contributed by atoms with Crippen molar-refractivity contribution in [1.29, 1.82) is 0 Å². The van der Waals surface area contributed by atoms with Crippen LogP contribution in [0.5, 0.6) is 0 Å². The number of hydrogen-bond donors (Lipinski definition) is 1. The van der Waals surface area contributed by atoms with Crippen LogP contribution in [0.4, 0.5) is 9.52 Å². The largest absolute Gasteiger partial charge is 0.342 e. The van der Waals surface area contributed by atoms with Gasteiger partial charge in [0.2, 0.25) is 5.13 Å². The van der Waals surface area contributed by atoms with Gasteiger partial charge in [-0.1, -0.05) is 48.5 Å². The fraction of sp³-hybridized carbons (Fsp3) is 0.0769. The van der Waals surface area contributed by atoms with Gasteiger partial charge in [-0.3, -0.25) is 5.43 Å². The number of rotatable bonds is 6. The Morgan fingerprint density at radius 3 is 2.56 bits per heavy atom. The molecule has 1 N–H and O–H groups in total. The number of aryl methyl sites for hydroxylation is 1. The number of fused-ring (bicyclic) bond motifs is 1. The Balaban J connectivity index is 1.38. The molecule has 4 nitrogen and oxygen atoms in total. The first-order chi connectivity index (χ1) is 15.7. The van der Waals surface area contributed by atoms with Crippen LogP contribution in [0.15, 0.2) is 90.2 Å². The van der Waals surface area contributed by atoms with E-state index in [0.29, 0.717) is 5.13 Å². The highest BCUT2D eigenvalue weighted by Crippen LogP contribution is 2.30. The number of thiazole rings is 1. The van der Waals surface area contributed by atoms with Gasteiger partial charge < -0.3 is 4.57 Å². The number of hydrogen-bond acceptors (Lipinski definition) is 4. The topological polar surface area (TPSA) is 42.2 Å². The number of benzene rings is 3. The van der Waals surface area contributed by atoms with Gasteiger partial charge in [0.25, 0.3) is 0 Å². The summed E-state index contributed by atoms with van der Waals surface area (Å²) >= 11 is 1.52. The zero-order chi connectivity index (χ0) is 21.9. The minimum Gasteiger partial charge on any atom is -0.342 e. The summed E-state index contributed by atoms with van der Waals surface area (Å²) in [7, 11) is 0. The number of aromatic nitrogens is 2. The van der Waals surface area contributed by atoms with Crippen LogP contribution in [0, 0.1) is 12.7 Å². The van der Waals surface area contributed by atoms with Crippen LogP contribution in [-0.4, -0.2) is 15.8 Å². The van der Waals surface area contributed by atoms with E-state index in [2.05, 4.69) is 68.7 Å². The van der Waals surface area contributed by atoms with Crippen molar-refractivity contribution < 1.29 is 4.39 Å². The van der Waals surface area contributed by atoms with E-state index in [1.165, 1.54) is 34.5 Å². The first kappa shape index (κ1) is 20.2. The van der Waals surface area contributed by atoms with Crippen LogP contribution >= 0.6 is 11.3 Å². The molecule has 3 aromatic carbocycles. The standard InChI is InChI=1S/C26H21FN4S/c1-18-25(20-11-13-22(27)14-12-20)29-26(32-18)30-28-15-21-17-31(16-19-7-3-2-4-8-19)24-10-6-5-9-23(21)24/h2-15,17H,16H2,1H3,(H,29,30)/b28-15+. The average Bonchev–Trinajstić information content (AvgIpc) is 3.35. The maximum Gasteiger partial charge on any atom is 0.204 e. The van der Waals surface area contributed by atoms with Gasteiger partial charge in [0.1, 0.15) is 5.82 Å². The SMILES string of the molecule is Cc1sc(N/N=C/c2cn(Cc3ccccc3)c3ccccc23)nc1-c1ccc(F)cc1. The fourth-order valence-electron chi connectivity index (χ4n) is 3.77. The highest BCUT2D eigenvalue weighted by Gasteiger charge is 2.10. The second-order valence-corrected chi connectivity index (χ2v) is 8.72. The Labute approximate surface area is 189 Å². The van der Waals surface area contributed by atoms with Crippen molar-refractivity contribution in [2.24, 2.45) is 5.10 Å². The Hall–Kier alpha value is -3.77. The second-order valence-electron chi connectivity index (χ2n) is 7.52. The lowest BCUT2D eigenvalue weighted by atomic mass is 10.1. The van der Waals surface area contributed by atoms with Crippen LogP contribution in [0.3, 0.4) is 0 Å². The molecule has 0 saturated heterocycles. The van der Waals surface area contributed by atoms with Crippen molar-refractivity contribution in [3.05, 3.63) is 107 Å². The Morgan fingerprint density at radius 1 is 1.00 bits per heavy atom. The summed E-state index contributed by atoms with van der Waals surface area (Å²) in [4.78, 5) is 5.68. The number of anilines is 1. The molecule has 2 aromatic heterocycles. The molecular weight excluding hydrogens is 419 g/mol. The lowest BCUT2D eigenvalue weighted by molar-refractivity contribution is 0.628. The van der Waals surface area contributed by atoms with Crippen molar-refractivity contribution in [3.8, 4) is 11.3 Å². The monoisotopic (exact) mass is 440 g/mol. The third-order valence-corrected chi connectivity index (χ3v) is 6.17. The molecule has 32 heavy (non-hydrogen) atoms. The van der Waals surface area contributed by atoms with Crippen molar-refractivity contribution >= 4 is 33.6 Å². The van der Waals surface area contributed by atoms with Crippen molar-refractivity contribution in [2.45, 2.75) is 13.5 Å². The van der Waals surface area contributed by atoms with Gasteiger partial charge in [-0.2, -0.15) is 5.10 Å². The molecule has 6 heteroatoms. The molecule has 0 aliphatic heterocycles. The molecule has 0 amide bonds. The molecule has 0 aliphatic rings. The average molecular weight is 441 g/mol. The maximum absolute atomic E-state index is 13.2. The third kappa shape index (κ3) is 4.18. The smallest absolute Gasteiger partial charge is 0.204 e. The Bertz CT molecular complexity index is 1380. The van der Waals surface area contributed by atoms with E-state index in [0.717, 1.165) is 33.6 Å². The van der Waals surface area contributed by atoms with Crippen LogP contribution in [0.2, 0.25) is 0 Å². The van der Waals surface area contributed by atoms with E-state index in [9.17, 15) is 4.39 Å². The summed E-state index contributed by atoms with van der Waals surface area (Å²) in [5.41, 5.74) is 8.24. The van der Waals surface area contributed by atoms with E-state index in [-0.39, 0.29) is 5.82 Å². The molecule has 0 radical (unpaired) electrons. The molecule has 0 atom stereocenters. The van der Waals surface area contributed by atoms with Gasteiger partial charge in [0.15, 0.2) is 0 Å². The van der Waals surface area contributed by atoms with Crippen LogP contribution < -0.4 is 5.43 Å². The highest BCUT2D eigenvalue weighted by atomic mass is 32.1. The molecule has 158 valence electrons. The van der Waals surface area contributed by atoms with Gasteiger partial charge in [0, 0.05) is 39.6 Å². The number of nitrogens with zero attached hydrogens (tertiary/aromatic N) is 3. The molecule has 5 rings (SSSR count). The van der Waals surface area contributed by atoms with E-state index >= 15 is 0 Å². The molecular formula is C26H21FN4S. The van der Waals surface area contributed by atoms with Gasteiger partial charge >= 0.3 is 0 Å². The van der Waals surface area contributed by atoms with E-state index in [1.807, 2.05) is 25.3 Å². The number of para-hydroxylation sites is 1. The van der Waals surface area contributed by atoms with Crippen molar-refractivity contribution in [3.63, 3.8) is 0 Å². The molecule has 2 heterocycles. The number of hydrazone groups is 1. The molecule has 0 spiro atoms. The highest BCUT2D eigenvalue weighted by molar-refractivity contribution is 7.16. The number of halogens is 1. The summed E-state index contributed by atoms with van der Waals surface area (Å²) < 4.78 is 15.5. The van der Waals surface area contributed by atoms with Crippen molar-refractivity contribution in [1.82, 2.24) is 9.55 Å². The summed E-state index contributed by atoms with van der Waals surface area (Å²) in [6.07, 6.45) is 3.96. The predicted octanol–water partition coefficient (Wildman–Crippen LogP) is 6.71. The van der Waals surface area contributed by atoms with Crippen LogP contribution in [0.1, 0.15) is 16.0 Å². The quantitative estimate of drug-likeness (QED) is 0.236. The number of nitrogens with one attached hydrogen (secondary N) is 1. The van der Waals surface area contributed by atoms with Crippen molar-refractivity contribution in [2.75, 3.05) is 5.43 Å². The van der Waals surface area contributed by atoms with Gasteiger partial charge in [0.05, 0.1) is 11.9 Å². The zero-order valence-electron chi connectivity index (χ0n) is 17.5. The fourth-order valence-corrected chi connectivity index (χ4v) is 4.55. The maximum atomic E-state index is 13.2. The normalized spacial score (nSPS) is 11.4. The minimum atomic E-state index is -0.254. The van der Waals surface area contributed by atoms with E-state index in [1.54, 1.807) is 12.1 Å². The third-order valence-electron chi connectivity index (χ3n) is 5.29. The lowest BCUT2D eigenvalue weighted by Gasteiger charge is -2.05. The minimum absolute atomic E-state index is 0.254. The first-order valence-corrected chi connectivity index (χ1v) is 11.1.